The van der Waals surface area contributed by atoms with Crippen molar-refractivity contribution < 1.29 is 5.11 Å². The van der Waals surface area contributed by atoms with Gasteiger partial charge in [-0.2, -0.15) is 0 Å². The number of nitrogens with zero attached hydrogens (tertiary/aromatic N) is 2. The van der Waals surface area contributed by atoms with Crippen molar-refractivity contribution in [1.82, 2.24) is 9.38 Å². The molecule has 0 spiro atoms. The van der Waals surface area contributed by atoms with Crippen LogP contribution in [0, 0.1) is 0 Å². The first kappa shape index (κ1) is 16.1. The number of thiazole rings is 1. The van der Waals surface area contributed by atoms with Crippen LogP contribution in [0.3, 0.4) is 0 Å². The molecule has 2 aromatic heterocycles. The molecule has 0 aliphatic heterocycles. The first-order chi connectivity index (χ1) is 12.2. The summed E-state index contributed by atoms with van der Waals surface area (Å²) in [5.41, 5.74) is 5.23. The quantitative estimate of drug-likeness (QED) is 0.540. The first-order valence-corrected chi connectivity index (χ1v) is 9.26. The summed E-state index contributed by atoms with van der Waals surface area (Å²) in [5.74, 6) is 0.505. The Bertz CT molecular complexity index is 998. The van der Waals surface area contributed by atoms with Gasteiger partial charge in [-0.25, -0.2) is 4.98 Å². The van der Waals surface area contributed by atoms with Gasteiger partial charge in [0.2, 0.25) is 0 Å². The lowest BCUT2D eigenvalue weighted by Gasteiger charge is -2.06. The van der Waals surface area contributed by atoms with Gasteiger partial charge >= 0.3 is 0 Å². The number of benzene rings is 2. The maximum Gasteiger partial charge on any atom is 0.195 e. The predicted octanol–water partition coefficient (Wildman–Crippen LogP) is 5.35. The summed E-state index contributed by atoms with van der Waals surface area (Å²) in [7, 11) is 0. The molecule has 4 heteroatoms. The van der Waals surface area contributed by atoms with Crippen molar-refractivity contribution >= 4 is 16.3 Å². The second-order valence-corrected chi connectivity index (χ2v) is 7.47. The molecular formula is C21H20N2OS. The zero-order chi connectivity index (χ0) is 17.4. The average molecular weight is 348 g/mol. The minimum atomic E-state index is -0.0343. The third kappa shape index (κ3) is 2.88. The Kier molecular flexibility index (Phi) is 4.15. The highest BCUT2D eigenvalue weighted by molar-refractivity contribution is 7.20. The molecule has 2 aromatic carbocycles. The van der Waals surface area contributed by atoms with Gasteiger partial charge in [0, 0.05) is 11.8 Å². The third-order valence-corrected chi connectivity index (χ3v) is 5.52. The average Bonchev–Trinajstić information content (AvgIpc) is 3.20. The molecule has 3 nitrogen and oxygen atoms in total. The number of aromatic nitrogens is 2. The van der Waals surface area contributed by atoms with Crippen LogP contribution in [-0.4, -0.2) is 14.5 Å². The number of aliphatic hydroxyl groups excluding tert-OH is 1. The molecule has 0 aliphatic carbocycles. The second kappa shape index (κ2) is 6.47. The van der Waals surface area contributed by atoms with E-state index >= 15 is 0 Å². The lowest BCUT2D eigenvalue weighted by Crippen LogP contribution is -1.93. The summed E-state index contributed by atoms with van der Waals surface area (Å²) in [6.45, 7) is 4.34. The fourth-order valence-corrected chi connectivity index (χ4v) is 4.04. The summed E-state index contributed by atoms with van der Waals surface area (Å²) >= 11 is 1.64. The van der Waals surface area contributed by atoms with Gasteiger partial charge in [-0.3, -0.25) is 4.40 Å². The molecule has 0 radical (unpaired) electrons. The van der Waals surface area contributed by atoms with E-state index in [1.165, 1.54) is 11.1 Å². The van der Waals surface area contributed by atoms with E-state index in [4.69, 9.17) is 4.98 Å². The predicted molar refractivity (Wildman–Crippen MR) is 104 cm³/mol. The van der Waals surface area contributed by atoms with Gasteiger partial charge in [0.1, 0.15) is 0 Å². The van der Waals surface area contributed by atoms with Gasteiger partial charge in [0.25, 0.3) is 0 Å². The summed E-state index contributed by atoms with van der Waals surface area (Å²) in [6.07, 6.45) is 2.07. The SMILES string of the molecule is CC(C)c1ccc(-c2nc3sc(-c4ccccc4)cn3c2CO)cc1. The van der Waals surface area contributed by atoms with Crippen LogP contribution in [0.4, 0.5) is 0 Å². The molecular weight excluding hydrogens is 328 g/mol. The standard InChI is InChI=1S/C21H20N2OS/c1-14(2)15-8-10-17(11-9-15)20-18(13-24)23-12-19(25-21(23)22-20)16-6-4-3-5-7-16/h3-12,14,24H,13H2,1-2H3. The van der Waals surface area contributed by atoms with Gasteiger partial charge in [-0.15, -0.1) is 0 Å². The Labute approximate surface area is 151 Å². The van der Waals surface area contributed by atoms with Crippen LogP contribution in [-0.2, 0) is 6.61 Å². The largest absolute Gasteiger partial charge is 0.390 e. The number of imidazole rings is 1. The molecule has 0 atom stereocenters. The van der Waals surface area contributed by atoms with E-state index < -0.39 is 0 Å². The van der Waals surface area contributed by atoms with Gasteiger partial charge in [0.15, 0.2) is 4.96 Å². The summed E-state index contributed by atoms with van der Waals surface area (Å²) in [6, 6.07) is 18.7. The summed E-state index contributed by atoms with van der Waals surface area (Å²) in [4.78, 5) is 6.86. The molecule has 0 saturated carbocycles. The Morgan fingerprint density at radius 3 is 2.36 bits per heavy atom. The van der Waals surface area contributed by atoms with Crippen molar-refractivity contribution in [2.75, 3.05) is 0 Å². The van der Waals surface area contributed by atoms with Crippen LogP contribution in [0.15, 0.2) is 60.8 Å². The van der Waals surface area contributed by atoms with Crippen LogP contribution < -0.4 is 0 Å². The molecule has 0 fully saturated rings. The van der Waals surface area contributed by atoms with Crippen molar-refractivity contribution in [2.45, 2.75) is 26.4 Å². The maximum atomic E-state index is 9.93. The summed E-state index contributed by atoms with van der Waals surface area (Å²) in [5, 5.41) is 9.93. The molecule has 2 heterocycles. The van der Waals surface area contributed by atoms with Crippen LogP contribution in [0.5, 0.6) is 0 Å². The van der Waals surface area contributed by atoms with Gasteiger partial charge in [0.05, 0.1) is 22.9 Å². The van der Waals surface area contributed by atoms with Crippen molar-refractivity contribution in [3.63, 3.8) is 0 Å². The van der Waals surface area contributed by atoms with E-state index in [1.54, 1.807) is 11.3 Å². The Morgan fingerprint density at radius 1 is 1.00 bits per heavy atom. The molecule has 126 valence electrons. The number of fused-ring (bicyclic) bond motifs is 1. The van der Waals surface area contributed by atoms with Crippen LogP contribution in [0.2, 0.25) is 0 Å². The molecule has 4 aromatic rings. The van der Waals surface area contributed by atoms with Gasteiger partial charge < -0.3 is 5.11 Å². The summed E-state index contributed by atoms with van der Waals surface area (Å²) < 4.78 is 2.01. The second-order valence-electron chi connectivity index (χ2n) is 6.46. The molecule has 0 aliphatic rings. The molecule has 0 amide bonds. The normalized spacial score (nSPS) is 11.5. The van der Waals surface area contributed by atoms with Gasteiger partial charge in [-0.05, 0) is 17.0 Å². The van der Waals surface area contributed by atoms with E-state index in [0.29, 0.717) is 5.92 Å². The first-order valence-electron chi connectivity index (χ1n) is 8.44. The highest BCUT2D eigenvalue weighted by atomic mass is 32.1. The zero-order valence-electron chi connectivity index (χ0n) is 14.3. The number of hydrogen-bond acceptors (Lipinski definition) is 3. The van der Waals surface area contributed by atoms with Crippen LogP contribution >= 0.6 is 11.3 Å². The Balaban J connectivity index is 1.79. The fraction of sp³-hybridized carbons (Fsp3) is 0.190. The van der Waals surface area contributed by atoms with Crippen LogP contribution in [0.25, 0.3) is 26.7 Å². The van der Waals surface area contributed by atoms with Crippen molar-refractivity contribution in [3.05, 3.63) is 72.1 Å². The number of hydrogen-bond donors (Lipinski definition) is 1. The molecule has 0 bridgehead atoms. The van der Waals surface area contributed by atoms with E-state index in [2.05, 4.69) is 56.4 Å². The maximum absolute atomic E-state index is 9.93. The minimum Gasteiger partial charge on any atom is -0.390 e. The van der Waals surface area contributed by atoms with Crippen LogP contribution in [0.1, 0.15) is 31.0 Å². The Hall–Kier alpha value is -2.43. The van der Waals surface area contributed by atoms with E-state index in [0.717, 1.165) is 26.8 Å². The Morgan fingerprint density at radius 2 is 1.72 bits per heavy atom. The number of aliphatic hydroxyl groups is 1. The van der Waals surface area contributed by atoms with E-state index in [-0.39, 0.29) is 6.61 Å². The smallest absolute Gasteiger partial charge is 0.195 e. The highest BCUT2D eigenvalue weighted by Gasteiger charge is 2.16. The molecule has 0 unspecified atom stereocenters. The molecule has 25 heavy (non-hydrogen) atoms. The van der Waals surface area contributed by atoms with E-state index in [1.807, 2.05) is 22.6 Å². The number of rotatable bonds is 4. The lowest BCUT2D eigenvalue weighted by atomic mass is 10.0. The molecule has 1 N–H and O–H groups in total. The lowest BCUT2D eigenvalue weighted by molar-refractivity contribution is 0.276. The monoisotopic (exact) mass is 348 g/mol. The topological polar surface area (TPSA) is 37.5 Å². The van der Waals surface area contributed by atoms with E-state index in [9.17, 15) is 5.11 Å². The van der Waals surface area contributed by atoms with Crippen molar-refractivity contribution in [3.8, 4) is 21.7 Å². The highest BCUT2D eigenvalue weighted by Crippen LogP contribution is 2.33. The third-order valence-electron chi connectivity index (χ3n) is 4.48. The van der Waals surface area contributed by atoms with Crippen molar-refractivity contribution in [2.24, 2.45) is 0 Å². The molecule has 4 rings (SSSR count). The zero-order valence-corrected chi connectivity index (χ0v) is 15.1. The van der Waals surface area contributed by atoms with Crippen molar-refractivity contribution in [1.29, 1.82) is 0 Å². The van der Waals surface area contributed by atoms with Gasteiger partial charge in [-0.1, -0.05) is 79.8 Å². The minimum absolute atomic E-state index is 0.0343. The molecule has 0 saturated heterocycles. The fourth-order valence-electron chi connectivity index (χ4n) is 3.03.